The zero-order valence-corrected chi connectivity index (χ0v) is 22.9. The van der Waals surface area contributed by atoms with Crippen molar-refractivity contribution in [3.05, 3.63) is 119 Å². The Labute approximate surface area is 224 Å². The van der Waals surface area contributed by atoms with E-state index < -0.39 is 32.0 Å². The van der Waals surface area contributed by atoms with Crippen molar-refractivity contribution >= 4 is 7.60 Å². The summed E-state index contributed by atoms with van der Waals surface area (Å²) in [5, 5.41) is 0. The first kappa shape index (κ1) is 28.2. The molecule has 202 valence electrons. The minimum Gasteiger partial charge on any atom is -0.489 e. The first-order chi connectivity index (χ1) is 18.5. The SMILES string of the molecule is COP(=O)(/C=C1\O[C@@H](C)[C@H](OCc2ccccc2)[C@@H](OCc2ccccc2)[C@H]1OCc1ccccc1)OC. The van der Waals surface area contributed by atoms with Crippen LogP contribution in [0.15, 0.2) is 103 Å². The molecule has 0 saturated carbocycles. The van der Waals surface area contributed by atoms with Crippen LogP contribution in [0.5, 0.6) is 0 Å². The Morgan fingerprint density at radius 1 is 0.684 bits per heavy atom. The Balaban J connectivity index is 1.66. The van der Waals surface area contributed by atoms with E-state index in [1.807, 2.05) is 97.9 Å². The molecule has 7 nitrogen and oxygen atoms in total. The second kappa shape index (κ2) is 13.9. The highest BCUT2D eigenvalue weighted by atomic mass is 31.2. The third-order valence-electron chi connectivity index (χ3n) is 6.32. The fraction of sp³-hybridized carbons (Fsp3) is 0.333. The van der Waals surface area contributed by atoms with Gasteiger partial charge in [-0.1, -0.05) is 91.0 Å². The average molecular weight is 539 g/mol. The minimum absolute atomic E-state index is 0.293. The smallest absolute Gasteiger partial charge is 0.357 e. The van der Waals surface area contributed by atoms with Crippen LogP contribution in [0.2, 0.25) is 0 Å². The van der Waals surface area contributed by atoms with Crippen molar-refractivity contribution in [2.45, 2.75) is 51.2 Å². The molecule has 38 heavy (non-hydrogen) atoms. The lowest BCUT2D eigenvalue weighted by Crippen LogP contribution is -2.54. The maximum absolute atomic E-state index is 13.1. The molecule has 0 spiro atoms. The first-order valence-electron chi connectivity index (χ1n) is 12.6. The highest BCUT2D eigenvalue weighted by molar-refractivity contribution is 7.57. The van der Waals surface area contributed by atoms with E-state index in [9.17, 15) is 4.57 Å². The minimum atomic E-state index is -3.56. The van der Waals surface area contributed by atoms with Crippen LogP contribution in [0.25, 0.3) is 0 Å². The van der Waals surface area contributed by atoms with E-state index >= 15 is 0 Å². The fourth-order valence-corrected chi connectivity index (χ4v) is 5.15. The van der Waals surface area contributed by atoms with Crippen molar-refractivity contribution < 1.29 is 32.6 Å². The molecule has 4 atom stereocenters. The molecule has 1 aliphatic rings. The van der Waals surface area contributed by atoms with Gasteiger partial charge in [-0.05, 0) is 23.6 Å². The molecule has 0 radical (unpaired) electrons. The zero-order valence-electron chi connectivity index (χ0n) is 22.0. The molecule has 0 bridgehead atoms. The van der Waals surface area contributed by atoms with Gasteiger partial charge in [0.1, 0.15) is 30.2 Å². The topological polar surface area (TPSA) is 72.5 Å². The van der Waals surface area contributed by atoms with Crippen LogP contribution < -0.4 is 0 Å². The number of hydrogen-bond acceptors (Lipinski definition) is 7. The third-order valence-corrected chi connectivity index (χ3v) is 7.91. The van der Waals surface area contributed by atoms with Gasteiger partial charge in [0.25, 0.3) is 0 Å². The molecule has 3 aromatic rings. The lowest BCUT2D eigenvalue weighted by Gasteiger charge is -2.42. The molecular weight excluding hydrogens is 503 g/mol. The van der Waals surface area contributed by atoms with Gasteiger partial charge < -0.3 is 28.0 Å². The van der Waals surface area contributed by atoms with E-state index in [0.717, 1.165) is 16.7 Å². The number of ether oxygens (including phenoxy) is 4. The van der Waals surface area contributed by atoms with Crippen LogP contribution in [0.3, 0.4) is 0 Å². The van der Waals surface area contributed by atoms with E-state index in [2.05, 4.69) is 0 Å². The van der Waals surface area contributed by atoms with Crippen molar-refractivity contribution in [1.29, 1.82) is 0 Å². The zero-order chi connectivity index (χ0) is 26.8. The predicted molar refractivity (Wildman–Crippen MR) is 145 cm³/mol. The normalized spacial score (nSPS) is 22.8. The molecule has 4 rings (SSSR count). The van der Waals surface area contributed by atoms with Gasteiger partial charge in [-0.3, -0.25) is 4.57 Å². The number of benzene rings is 3. The van der Waals surface area contributed by atoms with Crippen LogP contribution in [-0.4, -0.2) is 38.6 Å². The van der Waals surface area contributed by atoms with Gasteiger partial charge in [0.05, 0.1) is 25.6 Å². The maximum atomic E-state index is 13.1. The average Bonchev–Trinajstić information content (AvgIpc) is 2.96. The summed E-state index contributed by atoms with van der Waals surface area (Å²) in [7, 11) is -0.887. The van der Waals surface area contributed by atoms with Crippen LogP contribution in [0.1, 0.15) is 23.6 Å². The molecule has 1 saturated heterocycles. The number of hydrogen-bond donors (Lipinski definition) is 0. The molecule has 1 heterocycles. The molecule has 0 aromatic heterocycles. The van der Waals surface area contributed by atoms with Crippen molar-refractivity contribution in [3.8, 4) is 0 Å². The van der Waals surface area contributed by atoms with Gasteiger partial charge in [-0.2, -0.15) is 0 Å². The Bertz CT molecular complexity index is 1180. The number of rotatable bonds is 12. The lowest BCUT2D eigenvalue weighted by molar-refractivity contribution is -0.210. The molecular formula is C30H35O7P. The summed E-state index contributed by atoms with van der Waals surface area (Å²) in [4.78, 5) is 0. The molecule has 1 fully saturated rings. The summed E-state index contributed by atoms with van der Waals surface area (Å²) >= 11 is 0. The largest absolute Gasteiger partial charge is 0.489 e. The Hall–Kier alpha value is -2.77. The van der Waals surface area contributed by atoms with E-state index in [4.69, 9.17) is 28.0 Å². The highest BCUT2D eigenvalue weighted by Gasteiger charge is 2.45. The molecule has 0 amide bonds. The summed E-state index contributed by atoms with van der Waals surface area (Å²) in [6, 6.07) is 29.7. The standard InChI is InChI=1S/C30H35O7P/c1-23-28(34-19-24-13-7-4-8-14-24)30(36-21-26-17-11-6-12-18-26)29(35-20-25-15-9-5-10-16-25)27(37-23)22-38(31,32-2)33-3/h4-18,22-23,28-30H,19-21H2,1-3H3/b27-22-/t23-,28-,29-,30+/m0/s1. The highest BCUT2D eigenvalue weighted by Crippen LogP contribution is 2.50. The predicted octanol–water partition coefficient (Wildman–Crippen LogP) is 6.49. The summed E-state index contributed by atoms with van der Waals surface area (Å²) in [5.41, 5.74) is 3.03. The molecule has 3 aromatic carbocycles. The fourth-order valence-electron chi connectivity index (χ4n) is 4.27. The van der Waals surface area contributed by atoms with Crippen molar-refractivity contribution in [3.63, 3.8) is 0 Å². The van der Waals surface area contributed by atoms with Crippen LogP contribution in [0.4, 0.5) is 0 Å². The van der Waals surface area contributed by atoms with Crippen LogP contribution in [0, 0.1) is 0 Å². The van der Waals surface area contributed by atoms with Crippen LogP contribution in [-0.2, 0) is 52.4 Å². The molecule has 0 aliphatic carbocycles. The van der Waals surface area contributed by atoms with E-state index in [-0.39, 0.29) is 0 Å². The Morgan fingerprint density at radius 3 is 1.55 bits per heavy atom. The molecule has 0 N–H and O–H groups in total. The quantitative estimate of drug-likeness (QED) is 0.244. The summed E-state index contributed by atoms with van der Waals surface area (Å²) < 4.78 is 49.1. The Kier molecular flexibility index (Phi) is 10.3. The van der Waals surface area contributed by atoms with Gasteiger partial charge in [0.15, 0.2) is 0 Å². The first-order valence-corrected chi connectivity index (χ1v) is 14.2. The van der Waals surface area contributed by atoms with Gasteiger partial charge in [0.2, 0.25) is 0 Å². The van der Waals surface area contributed by atoms with Crippen molar-refractivity contribution in [2.75, 3.05) is 14.2 Å². The summed E-state index contributed by atoms with van der Waals surface area (Å²) in [5.74, 6) is 1.71. The summed E-state index contributed by atoms with van der Waals surface area (Å²) in [6.07, 6.45) is -2.19. The third kappa shape index (κ3) is 7.64. The second-order valence-electron chi connectivity index (χ2n) is 9.00. The maximum Gasteiger partial charge on any atom is 0.357 e. The monoisotopic (exact) mass is 538 g/mol. The van der Waals surface area contributed by atoms with Gasteiger partial charge in [-0.15, -0.1) is 0 Å². The van der Waals surface area contributed by atoms with Crippen molar-refractivity contribution in [1.82, 2.24) is 0 Å². The van der Waals surface area contributed by atoms with Crippen molar-refractivity contribution in [2.24, 2.45) is 0 Å². The van der Waals surface area contributed by atoms with Gasteiger partial charge in [0, 0.05) is 14.2 Å². The summed E-state index contributed by atoms with van der Waals surface area (Å²) in [6.45, 7) is 2.92. The molecule has 8 heteroatoms. The van der Waals surface area contributed by atoms with Gasteiger partial charge >= 0.3 is 7.60 Å². The molecule has 1 aliphatic heterocycles. The van der Waals surface area contributed by atoms with Crippen LogP contribution >= 0.6 is 7.60 Å². The second-order valence-corrected chi connectivity index (χ2v) is 11.1. The van der Waals surface area contributed by atoms with Gasteiger partial charge in [-0.25, -0.2) is 0 Å². The van der Waals surface area contributed by atoms with E-state index in [1.165, 1.54) is 20.0 Å². The molecule has 0 unspecified atom stereocenters. The van der Waals surface area contributed by atoms with E-state index in [1.54, 1.807) is 0 Å². The Morgan fingerprint density at radius 2 is 1.11 bits per heavy atom. The lowest BCUT2D eigenvalue weighted by atomic mass is 9.98. The van der Waals surface area contributed by atoms with E-state index in [0.29, 0.717) is 25.6 Å².